The molecule has 0 aliphatic heterocycles. The first-order chi connectivity index (χ1) is 9.54. The number of Topliss-reactive ketones (excluding diaryl/α,β-unsaturated/α-hetero) is 1. The fraction of sp³-hybridized carbons (Fsp3) is 0.286. The first-order valence-electron chi connectivity index (χ1n) is 6.22. The summed E-state index contributed by atoms with van der Waals surface area (Å²) in [6.07, 6.45) is 2.46. The maximum atomic E-state index is 12.4. The van der Waals surface area contributed by atoms with Crippen LogP contribution in [0.25, 0.3) is 0 Å². The van der Waals surface area contributed by atoms with Crippen molar-refractivity contribution in [3.05, 3.63) is 50.7 Å². The van der Waals surface area contributed by atoms with Crippen molar-refractivity contribution in [1.29, 1.82) is 0 Å². The van der Waals surface area contributed by atoms with Crippen LogP contribution in [-0.2, 0) is 13.0 Å². The molecule has 2 aromatic rings. The summed E-state index contributed by atoms with van der Waals surface area (Å²) in [6, 6.07) is 5.16. The molecule has 0 unspecified atom stereocenters. The number of ketones is 1. The van der Waals surface area contributed by atoms with Crippen molar-refractivity contribution in [3.63, 3.8) is 0 Å². The van der Waals surface area contributed by atoms with Gasteiger partial charge in [-0.25, -0.2) is 0 Å². The predicted octanol–water partition coefficient (Wildman–Crippen LogP) is 4.68. The number of aryl methyl sites for hydroxylation is 1. The van der Waals surface area contributed by atoms with Gasteiger partial charge >= 0.3 is 0 Å². The van der Waals surface area contributed by atoms with Gasteiger partial charge in [0.15, 0.2) is 5.78 Å². The molecule has 1 heterocycles. The van der Waals surface area contributed by atoms with Crippen LogP contribution in [-0.4, -0.2) is 15.6 Å². The number of rotatable bonds is 5. The van der Waals surface area contributed by atoms with Gasteiger partial charge in [-0.05, 0) is 24.1 Å². The highest BCUT2D eigenvalue weighted by Crippen LogP contribution is 2.27. The highest BCUT2D eigenvalue weighted by Gasteiger charge is 2.19. The van der Waals surface area contributed by atoms with E-state index in [1.165, 1.54) is 6.20 Å². The molecule has 0 bridgehead atoms. The summed E-state index contributed by atoms with van der Waals surface area (Å²) in [5.74, 6) is -0.143. The Morgan fingerprint density at radius 1 is 1.20 bits per heavy atom. The van der Waals surface area contributed by atoms with Gasteiger partial charge in [-0.1, -0.05) is 47.8 Å². The third-order valence-electron chi connectivity index (χ3n) is 2.89. The molecule has 0 aliphatic rings. The van der Waals surface area contributed by atoms with Crippen molar-refractivity contribution < 1.29 is 4.79 Å². The molecule has 0 saturated carbocycles. The zero-order valence-corrected chi connectivity index (χ0v) is 13.1. The summed E-state index contributed by atoms with van der Waals surface area (Å²) in [5.41, 5.74) is 1.02. The predicted molar refractivity (Wildman–Crippen MR) is 82.0 cm³/mol. The molecule has 1 aromatic carbocycles. The van der Waals surface area contributed by atoms with Crippen LogP contribution in [0.1, 0.15) is 29.4 Å². The first-order valence-corrected chi connectivity index (χ1v) is 7.35. The molecule has 0 N–H and O–H groups in total. The van der Waals surface area contributed by atoms with Crippen LogP contribution in [0.3, 0.4) is 0 Å². The first kappa shape index (κ1) is 15.4. The number of hydrogen-bond donors (Lipinski definition) is 0. The Labute approximate surface area is 132 Å². The number of nitrogens with zero attached hydrogens (tertiary/aromatic N) is 2. The van der Waals surface area contributed by atoms with E-state index in [0.29, 0.717) is 32.9 Å². The lowest BCUT2D eigenvalue weighted by Gasteiger charge is -2.08. The van der Waals surface area contributed by atoms with Crippen molar-refractivity contribution >= 4 is 40.6 Å². The molecule has 0 fully saturated rings. The molecule has 0 spiro atoms. The maximum Gasteiger partial charge on any atom is 0.186 e. The molecule has 20 heavy (non-hydrogen) atoms. The van der Waals surface area contributed by atoms with E-state index in [-0.39, 0.29) is 12.2 Å². The fourth-order valence-corrected chi connectivity index (χ4v) is 2.74. The minimum Gasteiger partial charge on any atom is -0.292 e. The number of hydrogen-bond acceptors (Lipinski definition) is 2. The Morgan fingerprint density at radius 3 is 2.45 bits per heavy atom. The van der Waals surface area contributed by atoms with E-state index in [0.717, 1.165) is 6.42 Å². The second kappa shape index (κ2) is 6.61. The summed E-state index contributed by atoms with van der Waals surface area (Å²) in [7, 11) is 0. The second-order valence-electron chi connectivity index (χ2n) is 4.36. The summed E-state index contributed by atoms with van der Waals surface area (Å²) in [4.78, 5) is 12.4. The molecule has 2 rings (SSSR count). The van der Waals surface area contributed by atoms with E-state index in [1.807, 2.05) is 6.92 Å². The van der Waals surface area contributed by atoms with E-state index in [1.54, 1.807) is 22.9 Å². The standard InChI is InChI=1S/C14H13Cl3N2O/c1-2-6-19-14(12(17)8-18-19)13(20)7-9-10(15)4-3-5-11(9)16/h3-5,8H,2,6-7H2,1H3. The SMILES string of the molecule is CCCn1ncc(Cl)c1C(=O)Cc1c(Cl)cccc1Cl. The van der Waals surface area contributed by atoms with Crippen LogP contribution in [0, 0.1) is 0 Å². The summed E-state index contributed by atoms with van der Waals surface area (Å²) >= 11 is 18.2. The number of carbonyl (C=O) groups is 1. The Bertz CT molecular complexity index is 617. The Balaban J connectivity index is 2.31. The summed E-state index contributed by atoms with van der Waals surface area (Å²) in [6.45, 7) is 2.65. The Kier molecular flexibility index (Phi) is 5.08. The fourth-order valence-electron chi connectivity index (χ4n) is 1.97. The topological polar surface area (TPSA) is 34.9 Å². The van der Waals surface area contributed by atoms with Gasteiger partial charge in [0.05, 0.1) is 11.2 Å². The molecule has 0 aliphatic carbocycles. The lowest BCUT2D eigenvalue weighted by atomic mass is 10.1. The van der Waals surface area contributed by atoms with Gasteiger partial charge in [0.25, 0.3) is 0 Å². The minimum atomic E-state index is -0.143. The van der Waals surface area contributed by atoms with E-state index in [2.05, 4.69) is 5.10 Å². The van der Waals surface area contributed by atoms with Gasteiger partial charge in [-0.15, -0.1) is 0 Å². The lowest BCUT2D eigenvalue weighted by molar-refractivity contribution is 0.0982. The largest absolute Gasteiger partial charge is 0.292 e. The van der Waals surface area contributed by atoms with Crippen molar-refractivity contribution in [1.82, 2.24) is 9.78 Å². The van der Waals surface area contributed by atoms with E-state index in [9.17, 15) is 4.79 Å². The van der Waals surface area contributed by atoms with Crippen molar-refractivity contribution in [3.8, 4) is 0 Å². The average molecular weight is 332 g/mol. The molecular formula is C14H13Cl3N2O. The normalized spacial score (nSPS) is 10.8. The minimum absolute atomic E-state index is 0.105. The van der Waals surface area contributed by atoms with Gasteiger partial charge in [-0.3, -0.25) is 9.48 Å². The molecule has 0 radical (unpaired) electrons. The Hall–Kier alpha value is -1.03. The quantitative estimate of drug-likeness (QED) is 0.746. The molecule has 0 atom stereocenters. The number of aromatic nitrogens is 2. The molecule has 6 heteroatoms. The lowest BCUT2D eigenvalue weighted by Crippen LogP contribution is -2.13. The zero-order chi connectivity index (χ0) is 14.7. The van der Waals surface area contributed by atoms with Crippen molar-refractivity contribution in [2.24, 2.45) is 0 Å². The van der Waals surface area contributed by atoms with Gasteiger partial charge in [0.2, 0.25) is 0 Å². The molecule has 3 nitrogen and oxygen atoms in total. The number of halogens is 3. The number of carbonyl (C=O) groups excluding carboxylic acids is 1. The molecule has 0 saturated heterocycles. The van der Waals surface area contributed by atoms with Gasteiger partial charge < -0.3 is 0 Å². The van der Waals surface area contributed by atoms with Crippen LogP contribution in [0.4, 0.5) is 0 Å². The van der Waals surface area contributed by atoms with Gasteiger partial charge in [0.1, 0.15) is 5.69 Å². The van der Waals surface area contributed by atoms with Crippen LogP contribution < -0.4 is 0 Å². The van der Waals surface area contributed by atoms with E-state index < -0.39 is 0 Å². The third kappa shape index (κ3) is 3.17. The smallest absolute Gasteiger partial charge is 0.186 e. The highest BCUT2D eigenvalue weighted by atomic mass is 35.5. The van der Waals surface area contributed by atoms with Crippen LogP contribution >= 0.6 is 34.8 Å². The van der Waals surface area contributed by atoms with Crippen molar-refractivity contribution in [2.75, 3.05) is 0 Å². The molecule has 1 aromatic heterocycles. The van der Waals surface area contributed by atoms with Gasteiger partial charge in [0, 0.05) is 23.0 Å². The highest BCUT2D eigenvalue weighted by molar-refractivity contribution is 6.37. The van der Waals surface area contributed by atoms with Gasteiger partial charge in [-0.2, -0.15) is 5.10 Å². The van der Waals surface area contributed by atoms with E-state index >= 15 is 0 Å². The Morgan fingerprint density at radius 2 is 1.85 bits per heavy atom. The second-order valence-corrected chi connectivity index (χ2v) is 5.59. The van der Waals surface area contributed by atoms with Crippen LogP contribution in [0.5, 0.6) is 0 Å². The summed E-state index contributed by atoms with van der Waals surface area (Å²) in [5, 5.41) is 5.42. The maximum absolute atomic E-state index is 12.4. The number of benzene rings is 1. The van der Waals surface area contributed by atoms with Crippen LogP contribution in [0.15, 0.2) is 24.4 Å². The molecular weight excluding hydrogens is 319 g/mol. The third-order valence-corrected chi connectivity index (χ3v) is 3.88. The average Bonchev–Trinajstić information content (AvgIpc) is 2.76. The van der Waals surface area contributed by atoms with Crippen LogP contribution in [0.2, 0.25) is 15.1 Å². The molecule has 106 valence electrons. The summed E-state index contributed by atoms with van der Waals surface area (Å²) < 4.78 is 1.62. The zero-order valence-electron chi connectivity index (χ0n) is 10.9. The van der Waals surface area contributed by atoms with Crippen molar-refractivity contribution in [2.45, 2.75) is 26.3 Å². The monoisotopic (exact) mass is 330 g/mol. The van der Waals surface area contributed by atoms with E-state index in [4.69, 9.17) is 34.8 Å². The molecule has 0 amide bonds.